The second-order valence-electron chi connectivity index (χ2n) is 5.31. The third-order valence-electron chi connectivity index (χ3n) is 3.64. The van der Waals surface area contributed by atoms with Gasteiger partial charge in [0.25, 0.3) is 0 Å². The Morgan fingerprint density at radius 3 is 2.38 bits per heavy atom. The molecule has 0 aromatic heterocycles. The summed E-state index contributed by atoms with van der Waals surface area (Å²) in [6.45, 7) is 0. The number of ketones is 1. The molecular weight excluding hydrogens is 298 g/mol. The Bertz CT molecular complexity index is 924. The van der Waals surface area contributed by atoms with Gasteiger partial charge in [-0.2, -0.15) is 5.26 Å². The Balaban J connectivity index is 1.80. The Morgan fingerprint density at radius 1 is 0.917 bits per heavy atom. The van der Waals surface area contributed by atoms with Crippen molar-refractivity contribution < 1.29 is 4.79 Å². The molecule has 0 aliphatic carbocycles. The van der Waals surface area contributed by atoms with Gasteiger partial charge in [0, 0.05) is 16.8 Å². The smallest absolute Gasteiger partial charge is 0.193 e. The van der Waals surface area contributed by atoms with Crippen molar-refractivity contribution in [2.75, 3.05) is 11.1 Å². The van der Waals surface area contributed by atoms with E-state index in [9.17, 15) is 4.79 Å². The molecule has 0 bridgehead atoms. The molecular formula is C20H15N3O. The number of nitrogens with zero attached hydrogens (tertiary/aromatic N) is 1. The molecule has 3 rings (SSSR count). The van der Waals surface area contributed by atoms with Crippen LogP contribution in [0.2, 0.25) is 0 Å². The minimum Gasteiger partial charge on any atom is -0.397 e. The third-order valence-corrected chi connectivity index (χ3v) is 3.64. The molecule has 3 N–H and O–H groups in total. The quantitative estimate of drug-likeness (QED) is 0.561. The number of hydrogen-bond acceptors (Lipinski definition) is 4. The van der Waals surface area contributed by atoms with E-state index in [-0.39, 0.29) is 5.78 Å². The van der Waals surface area contributed by atoms with Gasteiger partial charge in [0.15, 0.2) is 5.78 Å². The second-order valence-corrected chi connectivity index (χ2v) is 5.31. The summed E-state index contributed by atoms with van der Waals surface area (Å²) in [5, 5.41) is 12.2. The predicted molar refractivity (Wildman–Crippen MR) is 95.2 cm³/mol. The monoisotopic (exact) mass is 313 g/mol. The molecule has 3 aromatic rings. The molecule has 0 saturated carbocycles. The van der Waals surface area contributed by atoms with Crippen LogP contribution in [0.25, 0.3) is 0 Å². The number of carbonyl (C=O) groups excluding carboxylic acids is 1. The van der Waals surface area contributed by atoms with Gasteiger partial charge in [-0.25, -0.2) is 0 Å². The highest BCUT2D eigenvalue weighted by molar-refractivity contribution is 6.09. The van der Waals surface area contributed by atoms with Crippen LogP contribution in [-0.4, -0.2) is 5.78 Å². The Morgan fingerprint density at radius 2 is 1.67 bits per heavy atom. The van der Waals surface area contributed by atoms with Crippen LogP contribution in [0.1, 0.15) is 21.5 Å². The molecule has 24 heavy (non-hydrogen) atoms. The van der Waals surface area contributed by atoms with Crippen molar-refractivity contribution in [2.24, 2.45) is 0 Å². The summed E-state index contributed by atoms with van der Waals surface area (Å²) in [4.78, 5) is 12.5. The van der Waals surface area contributed by atoms with Crippen LogP contribution in [0.15, 0.2) is 72.8 Å². The van der Waals surface area contributed by atoms with Crippen molar-refractivity contribution in [3.05, 3.63) is 89.5 Å². The number of anilines is 3. The van der Waals surface area contributed by atoms with Gasteiger partial charge in [0.2, 0.25) is 0 Å². The summed E-state index contributed by atoms with van der Waals surface area (Å²) in [6, 6.07) is 23.4. The van der Waals surface area contributed by atoms with Gasteiger partial charge in [-0.3, -0.25) is 4.79 Å². The minimum atomic E-state index is -0.113. The van der Waals surface area contributed by atoms with E-state index in [2.05, 4.69) is 5.32 Å². The number of nitrogen functional groups attached to an aromatic ring is 1. The van der Waals surface area contributed by atoms with E-state index in [1.165, 1.54) is 0 Å². The van der Waals surface area contributed by atoms with E-state index in [1.54, 1.807) is 36.4 Å². The van der Waals surface area contributed by atoms with Crippen LogP contribution in [0, 0.1) is 11.3 Å². The molecule has 0 atom stereocenters. The van der Waals surface area contributed by atoms with Gasteiger partial charge in [0.05, 0.1) is 23.0 Å². The zero-order valence-corrected chi connectivity index (χ0v) is 12.9. The number of hydrogen-bond donors (Lipinski definition) is 2. The number of para-hydroxylation sites is 2. The van der Waals surface area contributed by atoms with Crippen molar-refractivity contribution in [3.8, 4) is 6.07 Å². The first-order valence-electron chi connectivity index (χ1n) is 7.44. The summed E-state index contributed by atoms with van der Waals surface area (Å²) in [5.74, 6) is -0.113. The molecule has 0 fully saturated rings. The highest BCUT2D eigenvalue weighted by Gasteiger charge is 2.09. The summed E-state index contributed by atoms with van der Waals surface area (Å²) >= 11 is 0. The highest BCUT2D eigenvalue weighted by atomic mass is 16.1. The number of carbonyl (C=O) groups is 1. The standard InChI is InChI=1S/C20H15N3O/c21-13-14-4-3-5-16(12-14)20(24)15-8-10-17(11-9-15)23-19-7-2-1-6-18(19)22/h1-12,23H,22H2. The molecule has 0 radical (unpaired) electrons. The number of benzene rings is 3. The fourth-order valence-corrected chi connectivity index (χ4v) is 2.37. The molecule has 0 aliphatic heterocycles. The average molecular weight is 313 g/mol. The van der Waals surface area contributed by atoms with E-state index in [0.29, 0.717) is 22.4 Å². The summed E-state index contributed by atoms with van der Waals surface area (Å²) < 4.78 is 0. The van der Waals surface area contributed by atoms with E-state index >= 15 is 0 Å². The second kappa shape index (κ2) is 6.67. The van der Waals surface area contributed by atoms with Crippen LogP contribution < -0.4 is 11.1 Å². The van der Waals surface area contributed by atoms with Crippen molar-refractivity contribution in [3.63, 3.8) is 0 Å². The average Bonchev–Trinajstić information content (AvgIpc) is 2.64. The summed E-state index contributed by atoms with van der Waals surface area (Å²) in [6.07, 6.45) is 0. The molecule has 4 nitrogen and oxygen atoms in total. The largest absolute Gasteiger partial charge is 0.397 e. The van der Waals surface area contributed by atoms with Crippen LogP contribution >= 0.6 is 0 Å². The molecule has 3 aromatic carbocycles. The number of nitrogens with one attached hydrogen (secondary N) is 1. The first-order valence-corrected chi connectivity index (χ1v) is 7.44. The molecule has 0 unspecified atom stereocenters. The lowest BCUT2D eigenvalue weighted by molar-refractivity contribution is 0.103. The van der Waals surface area contributed by atoms with Gasteiger partial charge in [-0.05, 0) is 48.5 Å². The number of nitrogens with two attached hydrogens (primary N) is 1. The van der Waals surface area contributed by atoms with Crippen LogP contribution in [0.3, 0.4) is 0 Å². The van der Waals surface area contributed by atoms with Gasteiger partial charge in [-0.1, -0.05) is 24.3 Å². The zero-order valence-electron chi connectivity index (χ0n) is 12.9. The maximum Gasteiger partial charge on any atom is 0.193 e. The normalized spacial score (nSPS) is 9.96. The molecule has 0 saturated heterocycles. The summed E-state index contributed by atoms with van der Waals surface area (Å²) in [7, 11) is 0. The Hall–Kier alpha value is -3.58. The van der Waals surface area contributed by atoms with Gasteiger partial charge in [-0.15, -0.1) is 0 Å². The van der Waals surface area contributed by atoms with Crippen LogP contribution in [-0.2, 0) is 0 Å². The van der Waals surface area contributed by atoms with Crippen molar-refractivity contribution in [1.29, 1.82) is 5.26 Å². The fraction of sp³-hybridized carbons (Fsp3) is 0. The topological polar surface area (TPSA) is 78.9 Å². The van der Waals surface area contributed by atoms with Gasteiger partial charge < -0.3 is 11.1 Å². The van der Waals surface area contributed by atoms with Crippen molar-refractivity contribution in [2.45, 2.75) is 0 Å². The molecule has 0 amide bonds. The molecule has 0 aliphatic rings. The van der Waals surface area contributed by atoms with Crippen LogP contribution in [0.5, 0.6) is 0 Å². The number of nitriles is 1. The molecule has 116 valence electrons. The fourth-order valence-electron chi connectivity index (χ4n) is 2.37. The van der Waals surface area contributed by atoms with E-state index < -0.39 is 0 Å². The van der Waals surface area contributed by atoms with Crippen molar-refractivity contribution >= 4 is 22.8 Å². The lowest BCUT2D eigenvalue weighted by Crippen LogP contribution is -2.02. The maximum atomic E-state index is 12.5. The first-order chi connectivity index (χ1) is 11.7. The van der Waals surface area contributed by atoms with Gasteiger partial charge >= 0.3 is 0 Å². The number of rotatable bonds is 4. The van der Waals surface area contributed by atoms with E-state index in [0.717, 1.165) is 11.4 Å². The summed E-state index contributed by atoms with van der Waals surface area (Å²) in [5.41, 5.74) is 9.77. The SMILES string of the molecule is N#Cc1cccc(C(=O)c2ccc(Nc3ccccc3N)cc2)c1. The molecule has 4 heteroatoms. The van der Waals surface area contributed by atoms with E-state index in [1.807, 2.05) is 42.5 Å². The molecule has 0 spiro atoms. The van der Waals surface area contributed by atoms with Crippen molar-refractivity contribution in [1.82, 2.24) is 0 Å². The van der Waals surface area contributed by atoms with Crippen LogP contribution in [0.4, 0.5) is 17.1 Å². The van der Waals surface area contributed by atoms with Gasteiger partial charge in [0.1, 0.15) is 0 Å². The lowest BCUT2D eigenvalue weighted by Gasteiger charge is -2.09. The maximum absolute atomic E-state index is 12.5. The lowest BCUT2D eigenvalue weighted by atomic mass is 10.0. The third kappa shape index (κ3) is 3.26. The first kappa shape index (κ1) is 15.3. The van der Waals surface area contributed by atoms with E-state index in [4.69, 9.17) is 11.0 Å². The Labute approximate surface area is 140 Å². The Kier molecular flexibility index (Phi) is 4.26. The zero-order chi connectivity index (χ0) is 16.9. The predicted octanol–water partition coefficient (Wildman–Crippen LogP) is 4.12. The minimum absolute atomic E-state index is 0.113. The highest BCUT2D eigenvalue weighted by Crippen LogP contribution is 2.23. The molecule has 0 heterocycles.